The molecule has 3 nitrogen and oxygen atoms in total. The molecular formula is C25H31ClFN3S. The van der Waals surface area contributed by atoms with Gasteiger partial charge in [0.15, 0.2) is 5.11 Å². The number of rotatable bonds is 7. The van der Waals surface area contributed by atoms with Crippen LogP contribution in [-0.4, -0.2) is 29.1 Å². The average Bonchev–Trinajstić information content (AvgIpc) is 3.43. The van der Waals surface area contributed by atoms with Gasteiger partial charge in [0.05, 0.1) is 5.02 Å². The van der Waals surface area contributed by atoms with Crippen LogP contribution in [0.5, 0.6) is 0 Å². The molecule has 6 heteroatoms. The third-order valence-electron chi connectivity index (χ3n) is 6.47. The maximum atomic E-state index is 13.5. The maximum absolute atomic E-state index is 13.5. The predicted octanol–water partition coefficient (Wildman–Crippen LogP) is 6.78. The Hall–Kier alpha value is -1.85. The first kappa shape index (κ1) is 22.3. The van der Waals surface area contributed by atoms with Crippen molar-refractivity contribution in [3.8, 4) is 0 Å². The first-order valence-corrected chi connectivity index (χ1v) is 12.2. The highest BCUT2D eigenvalue weighted by Gasteiger charge is 2.26. The quantitative estimate of drug-likeness (QED) is 0.459. The SMILES string of the molecule is CCCCN1CCc2cc(CN(C(=S)Nc3ccc(F)c(Cl)c3)C3CCCC3)ccc21. The zero-order valence-electron chi connectivity index (χ0n) is 18.2. The molecule has 0 radical (unpaired) electrons. The Balaban J connectivity index is 1.49. The minimum absolute atomic E-state index is 0.103. The molecule has 2 aromatic carbocycles. The molecule has 0 spiro atoms. The molecule has 1 N–H and O–H groups in total. The molecule has 1 aliphatic carbocycles. The Kier molecular flexibility index (Phi) is 7.34. The second-order valence-corrected chi connectivity index (χ2v) is 9.47. The number of fused-ring (bicyclic) bond motifs is 1. The molecule has 1 aliphatic heterocycles. The van der Waals surface area contributed by atoms with Gasteiger partial charge in [-0.15, -0.1) is 0 Å². The summed E-state index contributed by atoms with van der Waals surface area (Å²) in [5.41, 5.74) is 4.86. The summed E-state index contributed by atoms with van der Waals surface area (Å²) >= 11 is 11.8. The lowest BCUT2D eigenvalue weighted by Gasteiger charge is -2.32. The Morgan fingerprint density at radius 2 is 2.03 bits per heavy atom. The van der Waals surface area contributed by atoms with Crippen molar-refractivity contribution in [1.82, 2.24) is 4.90 Å². The number of nitrogens with one attached hydrogen (secondary N) is 1. The molecule has 0 aromatic heterocycles. The van der Waals surface area contributed by atoms with Crippen molar-refractivity contribution in [3.63, 3.8) is 0 Å². The summed E-state index contributed by atoms with van der Waals surface area (Å²) in [6.07, 6.45) is 8.37. The highest BCUT2D eigenvalue weighted by atomic mass is 35.5. The van der Waals surface area contributed by atoms with Crippen LogP contribution in [0.3, 0.4) is 0 Å². The van der Waals surface area contributed by atoms with Crippen LogP contribution in [0.2, 0.25) is 5.02 Å². The van der Waals surface area contributed by atoms with Crippen LogP contribution < -0.4 is 10.2 Å². The summed E-state index contributed by atoms with van der Waals surface area (Å²) in [6, 6.07) is 12.0. The van der Waals surface area contributed by atoms with Gasteiger partial charge in [-0.05, 0) is 73.3 Å². The first-order valence-electron chi connectivity index (χ1n) is 11.4. The number of hydrogen-bond donors (Lipinski definition) is 1. The van der Waals surface area contributed by atoms with E-state index in [1.165, 1.54) is 48.6 Å². The number of thiocarbonyl (C=S) groups is 1. The van der Waals surface area contributed by atoms with Crippen LogP contribution >= 0.6 is 23.8 Å². The van der Waals surface area contributed by atoms with Gasteiger partial charge in [0.2, 0.25) is 0 Å². The summed E-state index contributed by atoms with van der Waals surface area (Å²) < 4.78 is 13.5. The standard InChI is InChI=1S/C25H31ClFN3S/c1-2-3-13-29-14-12-19-15-18(8-11-24(19)29)17-30(21-6-4-5-7-21)25(31)28-20-9-10-23(27)22(26)16-20/h8-11,15-16,21H,2-7,12-14,17H2,1H3,(H,28,31). The topological polar surface area (TPSA) is 18.5 Å². The molecule has 1 saturated carbocycles. The van der Waals surface area contributed by atoms with Crippen molar-refractivity contribution >= 4 is 40.3 Å². The van der Waals surface area contributed by atoms with Crippen LogP contribution in [0.4, 0.5) is 15.8 Å². The van der Waals surface area contributed by atoms with Gasteiger partial charge in [-0.1, -0.05) is 49.9 Å². The zero-order valence-corrected chi connectivity index (χ0v) is 19.7. The molecule has 31 heavy (non-hydrogen) atoms. The Morgan fingerprint density at radius 3 is 2.77 bits per heavy atom. The van der Waals surface area contributed by atoms with E-state index in [0.717, 1.165) is 44.6 Å². The number of anilines is 2. The van der Waals surface area contributed by atoms with Crippen molar-refractivity contribution in [3.05, 3.63) is 58.4 Å². The second kappa shape index (κ2) is 10.2. The Labute approximate surface area is 195 Å². The predicted molar refractivity (Wildman–Crippen MR) is 133 cm³/mol. The van der Waals surface area contributed by atoms with Crippen molar-refractivity contribution in [2.75, 3.05) is 23.3 Å². The molecule has 2 aliphatic rings. The minimum atomic E-state index is -0.420. The fourth-order valence-corrected chi connectivity index (χ4v) is 5.26. The molecule has 1 heterocycles. The van der Waals surface area contributed by atoms with Crippen molar-refractivity contribution < 1.29 is 4.39 Å². The van der Waals surface area contributed by atoms with Crippen LogP contribution in [0, 0.1) is 5.82 Å². The molecule has 0 atom stereocenters. The number of hydrogen-bond acceptors (Lipinski definition) is 2. The number of unbranched alkanes of at least 4 members (excludes halogenated alkanes) is 1. The van der Waals surface area contributed by atoms with E-state index in [1.54, 1.807) is 12.1 Å². The molecule has 0 bridgehead atoms. The summed E-state index contributed by atoms with van der Waals surface area (Å²) in [6.45, 7) is 5.30. The van der Waals surface area contributed by atoms with Gasteiger partial charge < -0.3 is 15.1 Å². The third-order valence-corrected chi connectivity index (χ3v) is 7.09. The summed E-state index contributed by atoms with van der Waals surface area (Å²) in [5, 5.41) is 4.07. The lowest BCUT2D eigenvalue weighted by Crippen LogP contribution is -2.41. The van der Waals surface area contributed by atoms with Crippen molar-refractivity contribution in [2.24, 2.45) is 0 Å². The molecule has 0 amide bonds. The first-order chi connectivity index (χ1) is 15.0. The molecular weight excluding hydrogens is 429 g/mol. The molecule has 0 unspecified atom stereocenters. The van der Waals surface area contributed by atoms with Gasteiger partial charge in [-0.2, -0.15) is 0 Å². The maximum Gasteiger partial charge on any atom is 0.173 e. The fourth-order valence-electron chi connectivity index (χ4n) is 4.75. The van der Waals surface area contributed by atoms with E-state index in [9.17, 15) is 4.39 Å². The molecule has 4 rings (SSSR count). The van der Waals surface area contributed by atoms with Crippen molar-refractivity contribution in [2.45, 2.75) is 64.5 Å². The van der Waals surface area contributed by atoms with Gasteiger partial charge in [-0.3, -0.25) is 0 Å². The lowest BCUT2D eigenvalue weighted by molar-refractivity contribution is 0.312. The van der Waals surface area contributed by atoms with E-state index in [0.29, 0.717) is 11.2 Å². The van der Waals surface area contributed by atoms with Gasteiger partial charge in [0, 0.05) is 37.1 Å². The lowest BCUT2D eigenvalue weighted by atomic mass is 10.1. The molecule has 166 valence electrons. The average molecular weight is 460 g/mol. The van der Waals surface area contributed by atoms with Crippen LogP contribution in [-0.2, 0) is 13.0 Å². The van der Waals surface area contributed by atoms with Gasteiger partial charge >= 0.3 is 0 Å². The van der Waals surface area contributed by atoms with Gasteiger partial charge in [-0.25, -0.2) is 4.39 Å². The summed E-state index contributed by atoms with van der Waals surface area (Å²) in [4.78, 5) is 4.83. The van der Waals surface area contributed by atoms with Gasteiger partial charge in [0.25, 0.3) is 0 Å². The van der Waals surface area contributed by atoms with Crippen LogP contribution in [0.25, 0.3) is 0 Å². The second-order valence-electron chi connectivity index (χ2n) is 8.68. The van der Waals surface area contributed by atoms with Crippen molar-refractivity contribution in [1.29, 1.82) is 0 Å². The van der Waals surface area contributed by atoms with E-state index in [2.05, 4.69) is 40.2 Å². The number of nitrogens with zero attached hydrogens (tertiary/aromatic N) is 2. The Bertz CT molecular complexity index is 929. The number of benzene rings is 2. The van der Waals surface area contributed by atoms with E-state index in [-0.39, 0.29) is 5.02 Å². The molecule has 1 fully saturated rings. The third kappa shape index (κ3) is 5.32. The Morgan fingerprint density at radius 1 is 1.23 bits per heavy atom. The normalized spacial score (nSPS) is 15.9. The molecule has 2 aromatic rings. The highest BCUT2D eigenvalue weighted by Crippen LogP contribution is 2.31. The van der Waals surface area contributed by atoms with E-state index in [1.807, 2.05) is 0 Å². The highest BCUT2D eigenvalue weighted by molar-refractivity contribution is 7.80. The van der Waals surface area contributed by atoms with E-state index >= 15 is 0 Å². The van der Waals surface area contributed by atoms with Crippen LogP contribution in [0.15, 0.2) is 36.4 Å². The largest absolute Gasteiger partial charge is 0.371 e. The molecule has 0 saturated heterocycles. The number of halogens is 2. The van der Waals surface area contributed by atoms with Gasteiger partial charge in [0.1, 0.15) is 5.82 Å². The minimum Gasteiger partial charge on any atom is -0.371 e. The van der Waals surface area contributed by atoms with Crippen LogP contribution in [0.1, 0.15) is 56.6 Å². The smallest absolute Gasteiger partial charge is 0.173 e. The monoisotopic (exact) mass is 459 g/mol. The van der Waals surface area contributed by atoms with E-state index in [4.69, 9.17) is 23.8 Å². The fraction of sp³-hybridized carbons (Fsp3) is 0.480. The zero-order chi connectivity index (χ0) is 21.8. The summed E-state index contributed by atoms with van der Waals surface area (Å²) in [7, 11) is 0. The van der Waals surface area contributed by atoms with E-state index < -0.39 is 5.82 Å². The summed E-state index contributed by atoms with van der Waals surface area (Å²) in [5.74, 6) is -0.420.